The van der Waals surface area contributed by atoms with E-state index in [1.807, 2.05) is 7.05 Å². The van der Waals surface area contributed by atoms with Gasteiger partial charge in [-0.05, 0) is 54.6 Å². The van der Waals surface area contributed by atoms with Crippen LogP contribution in [0.2, 0.25) is 0 Å². The molecule has 0 aliphatic carbocycles. The molecule has 7 rings (SSSR count). The van der Waals surface area contributed by atoms with Crippen LogP contribution in [0.5, 0.6) is 0 Å². The van der Waals surface area contributed by atoms with Gasteiger partial charge in [0.15, 0.2) is 0 Å². The highest BCUT2D eigenvalue weighted by Crippen LogP contribution is 2.43. The molecule has 0 aliphatic rings. The molecule has 3 nitrogen and oxygen atoms in total. The summed E-state index contributed by atoms with van der Waals surface area (Å²) in [5.74, 6) is 0. The first kappa shape index (κ1) is 23.8. The quantitative estimate of drug-likeness (QED) is 0.238. The molecular formula is C37H29N3. The summed E-state index contributed by atoms with van der Waals surface area (Å²) in [6.45, 7) is 0. The lowest BCUT2D eigenvalue weighted by Crippen LogP contribution is -2.12. The molecule has 1 heterocycles. The van der Waals surface area contributed by atoms with Crippen molar-refractivity contribution >= 4 is 44.6 Å². The van der Waals surface area contributed by atoms with Gasteiger partial charge >= 0.3 is 0 Å². The molecule has 0 fully saturated rings. The van der Waals surface area contributed by atoms with Crippen molar-refractivity contribution in [2.45, 2.75) is 0 Å². The summed E-state index contributed by atoms with van der Waals surface area (Å²) in [4.78, 5) is 2.36. The van der Waals surface area contributed by atoms with Gasteiger partial charge in [0.25, 0.3) is 0 Å². The van der Waals surface area contributed by atoms with Gasteiger partial charge in [0.1, 0.15) is 0 Å². The average Bonchev–Trinajstić information content (AvgIpc) is 3.37. The van der Waals surface area contributed by atoms with Crippen LogP contribution in [-0.2, 0) is 0 Å². The van der Waals surface area contributed by atoms with Crippen molar-refractivity contribution in [1.29, 1.82) is 0 Å². The molecule has 6 aromatic carbocycles. The van der Waals surface area contributed by atoms with E-state index in [4.69, 9.17) is 0 Å². The summed E-state index contributed by atoms with van der Waals surface area (Å²) < 4.78 is 2.37. The zero-order chi connectivity index (χ0) is 26.9. The standard InChI is InChI=1S/C37H29N3/c1-38-34-22-9-5-18-30(34)31-19-6-10-23-35(31)39(27-14-3-2-4-15-27)28-16-13-17-29(26-28)40-36-24-11-7-20-32(36)33-21-8-12-25-37(33)40/h2-26,38H,1H3. The Bertz CT molecular complexity index is 1900. The molecule has 0 bridgehead atoms. The second kappa shape index (κ2) is 10.1. The minimum Gasteiger partial charge on any atom is -0.388 e. The van der Waals surface area contributed by atoms with Gasteiger partial charge in [-0.15, -0.1) is 0 Å². The first-order valence-corrected chi connectivity index (χ1v) is 13.6. The van der Waals surface area contributed by atoms with Crippen LogP contribution in [0.4, 0.5) is 22.7 Å². The van der Waals surface area contributed by atoms with Crippen molar-refractivity contribution in [2.75, 3.05) is 17.3 Å². The molecule has 0 aliphatic heterocycles. The Morgan fingerprint density at radius 2 is 1.07 bits per heavy atom. The lowest BCUT2D eigenvalue weighted by atomic mass is 10.00. The van der Waals surface area contributed by atoms with E-state index in [0.717, 1.165) is 28.4 Å². The van der Waals surface area contributed by atoms with Crippen LogP contribution in [0.3, 0.4) is 0 Å². The van der Waals surface area contributed by atoms with Gasteiger partial charge in [-0.1, -0.05) is 97.1 Å². The number of para-hydroxylation sites is 5. The fourth-order valence-electron chi connectivity index (χ4n) is 5.81. The first-order chi connectivity index (χ1) is 19.8. The van der Waals surface area contributed by atoms with Gasteiger partial charge in [0.05, 0.1) is 16.7 Å². The predicted octanol–water partition coefficient (Wildman–Crippen LogP) is 9.96. The third-order valence-electron chi connectivity index (χ3n) is 7.57. The van der Waals surface area contributed by atoms with Crippen LogP contribution in [0.1, 0.15) is 0 Å². The summed E-state index contributed by atoms with van der Waals surface area (Å²) in [5.41, 5.74) is 10.3. The second-order valence-electron chi connectivity index (χ2n) is 9.87. The van der Waals surface area contributed by atoms with E-state index in [1.165, 1.54) is 32.9 Å². The largest absolute Gasteiger partial charge is 0.388 e. The first-order valence-electron chi connectivity index (χ1n) is 13.6. The minimum absolute atomic E-state index is 1.10. The maximum Gasteiger partial charge on any atom is 0.0541 e. The number of anilines is 4. The van der Waals surface area contributed by atoms with E-state index in [1.54, 1.807) is 0 Å². The minimum atomic E-state index is 1.10. The maximum absolute atomic E-state index is 3.38. The zero-order valence-corrected chi connectivity index (χ0v) is 22.3. The number of hydrogen-bond donors (Lipinski definition) is 1. The highest BCUT2D eigenvalue weighted by Gasteiger charge is 2.19. The highest BCUT2D eigenvalue weighted by atomic mass is 15.1. The monoisotopic (exact) mass is 515 g/mol. The summed E-state index contributed by atoms with van der Waals surface area (Å²) in [6.07, 6.45) is 0. The van der Waals surface area contributed by atoms with Crippen molar-refractivity contribution in [1.82, 2.24) is 4.57 Å². The van der Waals surface area contributed by atoms with Gasteiger partial charge in [-0.25, -0.2) is 0 Å². The molecule has 0 amide bonds. The van der Waals surface area contributed by atoms with Gasteiger partial charge in [0, 0.05) is 51.7 Å². The van der Waals surface area contributed by atoms with Crippen LogP contribution < -0.4 is 10.2 Å². The third kappa shape index (κ3) is 4.00. The summed E-state index contributed by atoms with van der Waals surface area (Å²) >= 11 is 0. The third-order valence-corrected chi connectivity index (χ3v) is 7.57. The van der Waals surface area contributed by atoms with E-state index >= 15 is 0 Å². The smallest absolute Gasteiger partial charge is 0.0541 e. The van der Waals surface area contributed by atoms with Gasteiger partial charge in [-0.2, -0.15) is 0 Å². The molecule has 40 heavy (non-hydrogen) atoms. The molecule has 0 spiro atoms. The molecule has 0 saturated heterocycles. The van der Waals surface area contributed by atoms with Crippen molar-refractivity contribution in [3.05, 3.63) is 152 Å². The number of nitrogens with one attached hydrogen (secondary N) is 1. The van der Waals surface area contributed by atoms with Crippen LogP contribution in [-0.4, -0.2) is 11.6 Å². The maximum atomic E-state index is 3.38. The molecule has 0 radical (unpaired) electrons. The van der Waals surface area contributed by atoms with E-state index in [0.29, 0.717) is 0 Å². The van der Waals surface area contributed by atoms with Crippen molar-refractivity contribution < 1.29 is 0 Å². The average molecular weight is 516 g/mol. The molecule has 7 aromatic rings. The molecule has 1 N–H and O–H groups in total. The highest BCUT2D eigenvalue weighted by molar-refractivity contribution is 6.09. The van der Waals surface area contributed by atoms with Crippen molar-refractivity contribution in [3.63, 3.8) is 0 Å². The van der Waals surface area contributed by atoms with Crippen LogP contribution in [0.15, 0.2) is 152 Å². The molecule has 0 saturated carbocycles. The van der Waals surface area contributed by atoms with E-state index in [9.17, 15) is 0 Å². The molecular weight excluding hydrogens is 486 g/mol. The summed E-state index contributed by atoms with van der Waals surface area (Å²) in [5, 5.41) is 5.90. The molecule has 3 heteroatoms. The van der Waals surface area contributed by atoms with Crippen molar-refractivity contribution in [2.24, 2.45) is 0 Å². The Kier molecular flexibility index (Phi) is 6.02. The number of aromatic nitrogens is 1. The van der Waals surface area contributed by atoms with Gasteiger partial charge < -0.3 is 14.8 Å². The van der Waals surface area contributed by atoms with Crippen LogP contribution >= 0.6 is 0 Å². The zero-order valence-electron chi connectivity index (χ0n) is 22.3. The number of hydrogen-bond acceptors (Lipinski definition) is 2. The number of fused-ring (bicyclic) bond motifs is 3. The Labute approximate surface area is 234 Å². The van der Waals surface area contributed by atoms with Crippen molar-refractivity contribution in [3.8, 4) is 16.8 Å². The lowest BCUT2D eigenvalue weighted by molar-refractivity contribution is 1.17. The number of rotatable bonds is 6. The Hall–Kier alpha value is -5.28. The molecule has 1 aromatic heterocycles. The fraction of sp³-hybridized carbons (Fsp3) is 0.0270. The SMILES string of the molecule is CNc1ccccc1-c1ccccc1N(c1ccccc1)c1cccc(-n2c3ccccc3c3ccccc32)c1. The van der Waals surface area contributed by atoms with E-state index in [-0.39, 0.29) is 0 Å². The topological polar surface area (TPSA) is 20.2 Å². The number of benzene rings is 6. The molecule has 0 atom stereocenters. The van der Waals surface area contributed by atoms with E-state index < -0.39 is 0 Å². The molecule has 0 unspecified atom stereocenters. The van der Waals surface area contributed by atoms with Gasteiger partial charge in [-0.3, -0.25) is 0 Å². The summed E-state index contributed by atoms with van der Waals surface area (Å²) in [6, 6.07) is 53.9. The normalized spacial score (nSPS) is 11.1. The fourth-order valence-corrected chi connectivity index (χ4v) is 5.81. The Morgan fingerprint density at radius 1 is 0.500 bits per heavy atom. The Balaban J connectivity index is 1.47. The number of nitrogens with zero attached hydrogens (tertiary/aromatic N) is 2. The molecule has 192 valence electrons. The second-order valence-corrected chi connectivity index (χ2v) is 9.87. The Morgan fingerprint density at radius 3 is 1.80 bits per heavy atom. The van der Waals surface area contributed by atoms with Crippen LogP contribution in [0.25, 0.3) is 38.6 Å². The summed E-state index contributed by atoms with van der Waals surface area (Å²) in [7, 11) is 1.98. The van der Waals surface area contributed by atoms with Crippen LogP contribution in [0, 0.1) is 0 Å². The van der Waals surface area contributed by atoms with E-state index in [2.05, 4.69) is 166 Å². The lowest BCUT2D eigenvalue weighted by Gasteiger charge is -2.28. The van der Waals surface area contributed by atoms with Gasteiger partial charge in [0.2, 0.25) is 0 Å². The predicted molar refractivity (Wildman–Crippen MR) is 170 cm³/mol.